The zero-order valence-electron chi connectivity index (χ0n) is 15.0. The number of sulfone groups is 1. The number of piperidine rings is 1. The summed E-state index contributed by atoms with van der Waals surface area (Å²) in [4.78, 5) is 12.4. The van der Waals surface area contributed by atoms with Crippen LogP contribution in [0.3, 0.4) is 0 Å². The first kappa shape index (κ1) is 19.7. The number of amides is 1. The Hall–Kier alpha value is -1.60. The number of rotatable bonds is 8. The third-order valence-corrected chi connectivity index (χ3v) is 6.52. The van der Waals surface area contributed by atoms with Gasteiger partial charge in [-0.25, -0.2) is 8.42 Å². The van der Waals surface area contributed by atoms with Gasteiger partial charge in [-0.2, -0.15) is 0 Å². The zero-order chi connectivity index (χ0) is 18.3. The Kier molecular flexibility index (Phi) is 7.25. The standard InChI is InChI=1S/C18H28N2O4S/c1-14(18(21)20-11-9-15-4-3-10-19-12-15)13-25(22,23)17-7-5-16(24-2)6-8-17/h5-8,14-15,19H,3-4,9-13H2,1-2H3,(H,20,21). The van der Waals surface area contributed by atoms with E-state index in [-0.39, 0.29) is 16.6 Å². The average Bonchev–Trinajstić information content (AvgIpc) is 2.62. The lowest BCUT2D eigenvalue weighted by Crippen LogP contribution is -2.36. The van der Waals surface area contributed by atoms with Gasteiger partial charge in [-0.05, 0) is 62.5 Å². The number of carbonyl (C=O) groups is 1. The number of ether oxygens (including phenoxy) is 1. The molecule has 1 amide bonds. The topological polar surface area (TPSA) is 84.5 Å². The van der Waals surface area contributed by atoms with Gasteiger partial charge in [0.05, 0.1) is 17.8 Å². The van der Waals surface area contributed by atoms with Crippen molar-refractivity contribution in [2.75, 3.05) is 32.5 Å². The van der Waals surface area contributed by atoms with Crippen LogP contribution in [-0.2, 0) is 14.6 Å². The molecule has 2 atom stereocenters. The highest BCUT2D eigenvalue weighted by atomic mass is 32.2. The molecule has 2 rings (SSSR count). The van der Waals surface area contributed by atoms with Crippen LogP contribution in [0, 0.1) is 11.8 Å². The second-order valence-electron chi connectivity index (χ2n) is 6.65. The van der Waals surface area contributed by atoms with E-state index in [0.717, 1.165) is 19.5 Å². The lowest BCUT2D eigenvalue weighted by Gasteiger charge is -2.23. The lowest BCUT2D eigenvalue weighted by atomic mass is 9.96. The number of carbonyl (C=O) groups excluding carboxylic acids is 1. The molecule has 1 aliphatic heterocycles. The summed E-state index contributed by atoms with van der Waals surface area (Å²) in [6, 6.07) is 6.23. The Morgan fingerprint density at radius 2 is 2.08 bits per heavy atom. The minimum Gasteiger partial charge on any atom is -0.497 e. The fourth-order valence-corrected chi connectivity index (χ4v) is 4.58. The van der Waals surface area contributed by atoms with Crippen molar-refractivity contribution in [3.8, 4) is 5.75 Å². The summed E-state index contributed by atoms with van der Waals surface area (Å²) < 4.78 is 29.9. The van der Waals surface area contributed by atoms with Crippen LogP contribution < -0.4 is 15.4 Å². The fraction of sp³-hybridized carbons (Fsp3) is 0.611. The van der Waals surface area contributed by atoms with Gasteiger partial charge < -0.3 is 15.4 Å². The number of hydrogen-bond donors (Lipinski definition) is 2. The van der Waals surface area contributed by atoms with Gasteiger partial charge in [0.25, 0.3) is 0 Å². The Labute approximate surface area is 150 Å². The second-order valence-corrected chi connectivity index (χ2v) is 8.68. The molecule has 2 N–H and O–H groups in total. The number of methoxy groups -OCH3 is 1. The number of nitrogens with one attached hydrogen (secondary N) is 2. The van der Waals surface area contributed by atoms with E-state index in [1.54, 1.807) is 19.1 Å². The Morgan fingerprint density at radius 1 is 1.36 bits per heavy atom. The Morgan fingerprint density at radius 3 is 2.68 bits per heavy atom. The fourth-order valence-electron chi connectivity index (χ4n) is 3.03. The zero-order valence-corrected chi connectivity index (χ0v) is 15.8. The summed E-state index contributed by atoms with van der Waals surface area (Å²) in [5.41, 5.74) is 0. The molecule has 1 aromatic carbocycles. The van der Waals surface area contributed by atoms with Crippen molar-refractivity contribution in [3.05, 3.63) is 24.3 Å². The van der Waals surface area contributed by atoms with Gasteiger partial charge in [0.1, 0.15) is 5.75 Å². The van der Waals surface area contributed by atoms with Gasteiger partial charge in [-0.15, -0.1) is 0 Å². The maximum Gasteiger partial charge on any atom is 0.223 e. The third-order valence-electron chi connectivity index (χ3n) is 4.59. The van der Waals surface area contributed by atoms with Crippen molar-refractivity contribution in [2.24, 2.45) is 11.8 Å². The molecule has 0 saturated carbocycles. The smallest absolute Gasteiger partial charge is 0.223 e. The van der Waals surface area contributed by atoms with Gasteiger partial charge in [0, 0.05) is 12.5 Å². The van der Waals surface area contributed by atoms with Crippen molar-refractivity contribution >= 4 is 15.7 Å². The summed E-state index contributed by atoms with van der Waals surface area (Å²) in [6.07, 6.45) is 3.29. The summed E-state index contributed by atoms with van der Waals surface area (Å²) in [6.45, 7) is 4.32. The van der Waals surface area contributed by atoms with Crippen molar-refractivity contribution in [1.82, 2.24) is 10.6 Å². The van der Waals surface area contributed by atoms with E-state index in [4.69, 9.17) is 4.74 Å². The SMILES string of the molecule is COc1ccc(S(=O)(=O)CC(C)C(=O)NCCC2CCCNC2)cc1. The van der Waals surface area contributed by atoms with E-state index >= 15 is 0 Å². The third kappa shape index (κ3) is 6.01. The molecule has 0 spiro atoms. The normalized spacial score (nSPS) is 19.2. The maximum atomic E-state index is 12.4. The molecular formula is C18H28N2O4S. The molecule has 1 heterocycles. The highest BCUT2D eigenvalue weighted by molar-refractivity contribution is 7.91. The van der Waals surface area contributed by atoms with E-state index in [1.807, 2.05) is 0 Å². The summed E-state index contributed by atoms with van der Waals surface area (Å²) >= 11 is 0. The number of hydrogen-bond acceptors (Lipinski definition) is 5. The minimum absolute atomic E-state index is 0.198. The molecule has 1 saturated heterocycles. The molecule has 1 fully saturated rings. The second kappa shape index (κ2) is 9.20. The van der Waals surface area contributed by atoms with Crippen molar-refractivity contribution < 1.29 is 17.9 Å². The van der Waals surface area contributed by atoms with Crippen LogP contribution >= 0.6 is 0 Å². The van der Waals surface area contributed by atoms with E-state index < -0.39 is 15.8 Å². The predicted molar refractivity (Wildman–Crippen MR) is 97.4 cm³/mol. The average molecular weight is 368 g/mol. The summed E-state index contributed by atoms with van der Waals surface area (Å²) in [5.74, 6) is 0.197. The molecule has 0 bridgehead atoms. The Balaban J connectivity index is 1.81. The molecule has 0 aliphatic carbocycles. The van der Waals surface area contributed by atoms with Crippen molar-refractivity contribution in [2.45, 2.75) is 31.1 Å². The minimum atomic E-state index is -3.50. The van der Waals surface area contributed by atoms with Gasteiger partial charge >= 0.3 is 0 Å². The Bertz CT molecular complexity index is 652. The molecule has 0 aromatic heterocycles. The van der Waals surface area contributed by atoms with Crippen LogP contribution in [0.1, 0.15) is 26.2 Å². The molecule has 6 nitrogen and oxygen atoms in total. The molecule has 25 heavy (non-hydrogen) atoms. The molecule has 7 heteroatoms. The molecule has 1 aromatic rings. The van der Waals surface area contributed by atoms with E-state index in [9.17, 15) is 13.2 Å². The quantitative estimate of drug-likeness (QED) is 0.728. The van der Waals surface area contributed by atoms with Crippen LogP contribution in [-0.4, -0.2) is 46.8 Å². The lowest BCUT2D eigenvalue weighted by molar-refractivity contribution is -0.123. The van der Waals surface area contributed by atoms with Crippen LogP contribution in [0.15, 0.2) is 29.2 Å². The summed E-state index contributed by atoms with van der Waals surface area (Å²) in [5, 5.41) is 6.22. The molecular weight excluding hydrogens is 340 g/mol. The molecule has 0 radical (unpaired) electrons. The van der Waals surface area contributed by atoms with Crippen LogP contribution in [0.25, 0.3) is 0 Å². The van der Waals surface area contributed by atoms with Gasteiger partial charge in [0.15, 0.2) is 9.84 Å². The van der Waals surface area contributed by atoms with Crippen molar-refractivity contribution in [1.29, 1.82) is 0 Å². The van der Waals surface area contributed by atoms with Gasteiger partial charge in [-0.1, -0.05) is 6.92 Å². The first-order valence-corrected chi connectivity index (χ1v) is 10.4. The maximum absolute atomic E-state index is 12.4. The van der Waals surface area contributed by atoms with E-state index in [1.165, 1.54) is 32.1 Å². The van der Waals surface area contributed by atoms with Gasteiger partial charge in [0.2, 0.25) is 5.91 Å². The summed E-state index contributed by atoms with van der Waals surface area (Å²) in [7, 11) is -1.97. The van der Waals surface area contributed by atoms with Crippen LogP contribution in [0.4, 0.5) is 0 Å². The molecule has 140 valence electrons. The highest BCUT2D eigenvalue weighted by Gasteiger charge is 2.23. The first-order chi connectivity index (χ1) is 11.9. The highest BCUT2D eigenvalue weighted by Crippen LogP contribution is 2.19. The van der Waals surface area contributed by atoms with Gasteiger partial charge in [-0.3, -0.25) is 4.79 Å². The monoisotopic (exact) mass is 368 g/mol. The van der Waals surface area contributed by atoms with Crippen LogP contribution in [0.2, 0.25) is 0 Å². The van der Waals surface area contributed by atoms with E-state index in [0.29, 0.717) is 18.2 Å². The van der Waals surface area contributed by atoms with Crippen LogP contribution in [0.5, 0.6) is 5.75 Å². The van der Waals surface area contributed by atoms with E-state index in [2.05, 4.69) is 10.6 Å². The molecule has 1 aliphatic rings. The first-order valence-electron chi connectivity index (χ1n) is 8.77. The largest absolute Gasteiger partial charge is 0.497 e. The van der Waals surface area contributed by atoms with Crippen molar-refractivity contribution in [3.63, 3.8) is 0 Å². The predicted octanol–water partition coefficient (Wildman–Crippen LogP) is 1.61. The molecule has 2 unspecified atom stereocenters. The number of benzene rings is 1.